The maximum absolute atomic E-state index is 6.08. The fourth-order valence-corrected chi connectivity index (χ4v) is 5.27. The third kappa shape index (κ3) is 13.7. The monoisotopic (exact) mass is 734 g/mol. The van der Waals surface area contributed by atoms with Crippen LogP contribution in [-0.2, 0) is 4.74 Å². The SMILES string of the molecule is CC.CCN1CC[C@@H](COc2cc(Nc3nccc(NC)n3)ccc2OC)C1.CNC[C@@H](COc1cc(Nc2nccc(NC)n2)ccc1OC)OC. The predicted octanol–water partition coefficient (Wildman–Crippen LogP) is 5.90. The Hall–Kier alpha value is -5.12. The molecular formula is C38H58N10O5. The van der Waals surface area contributed by atoms with Gasteiger partial charge in [-0.15, -0.1) is 0 Å². The second-order valence-electron chi connectivity index (χ2n) is 11.6. The summed E-state index contributed by atoms with van der Waals surface area (Å²) >= 11 is 0. The van der Waals surface area contributed by atoms with Crippen LogP contribution in [0.25, 0.3) is 0 Å². The number of hydrogen-bond donors (Lipinski definition) is 5. The summed E-state index contributed by atoms with van der Waals surface area (Å²) in [5.41, 5.74) is 1.65. The van der Waals surface area contributed by atoms with E-state index in [1.54, 1.807) is 39.8 Å². The highest BCUT2D eigenvalue weighted by Crippen LogP contribution is 2.33. The smallest absolute Gasteiger partial charge is 0.229 e. The Morgan fingerprint density at radius 2 is 1.30 bits per heavy atom. The average molecular weight is 735 g/mol. The lowest BCUT2D eigenvalue weighted by Gasteiger charge is -2.18. The predicted molar refractivity (Wildman–Crippen MR) is 213 cm³/mol. The number of methoxy groups -OCH3 is 3. The normalized spacial score (nSPS) is 14.0. The number of hydrogen-bond acceptors (Lipinski definition) is 15. The maximum atomic E-state index is 6.08. The molecule has 1 saturated heterocycles. The van der Waals surface area contributed by atoms with Crippen LogP contribution in [0, 0.1) is 5.92 Å². The van der Waals surface area contributed by atoms with E-state index in [1.807, 2.05) is 77.5 Å². The number of anilines is 6. The van der Waals surface area contributed by atoms with E-state index in [-0.39, 0.29) is 6.10 Å². The fraction of sp³-hybridized carbons (Fsp3) is 0.474. The number of ether oxygens (including phenoxy) is 5. The summed E-state index contributed by atoms with van der Waals surface area (Å²) in [6.45, 7) is 11.4. The largest absolute Gasteiger partial charge is 0.493 e. The molecule has 0 bridgehead atoms. The summed E-state index contributed by atoms with van der Waals surface area (Å²) in [5, 5.41) is 15.4. The Morgan fingerprint density at radius 1 is 0.755 bits per heavy atom. The van der Waals surface area contributed by atoms with E-state index < -0.39 is 0 Å². The molecule has 0 spiro atoms. The number of likely N-dealkylation sites (tertiary alicyclic amines) is 1. The lowest BCUT2D eigenvalue weighted by atomic mass is 10.1. The summed E-state index contributed by atoms with van der Waals surface area (Å²) < 4.78 is 28.1. The molecule has 0 amide bonds. The van der Waals surface area contributed by atoms with Crippen molar-refractivity contribution in [3.63, 3.8) is 0 Å². The first-order valence-electron chi connectivity index (χ1n) is 18.0. The van der Waals surface area contributed by atoms with E-state index in [0.29, 0.717) is 49.1 Å². The van der Waals surface area contributed by atoms with Crippen LogP contribution >= 0.6 is 0 Å². The summed E-state index contributed by atoms with van der Waals surface area (Å²) in [5.74, 6) is 5.81. The minimum atomic E-state index is -0.0537. The molecule has 1 aliphatic rings. The van der Waals surface area contributed by atoms with Crippen molar-refractivity contribution in [1.82, 2.24) is 30.2 Å². The molecule has 5 N–H and O–H groups in total. The molecule has 15 heteroatoms. The molecule has 2 aromatic carbocycles. The van der Waals surface area contributed by atoms with Crippen LogP contribution in [-0.4, -0.2) is 113 Å². The number of rotatable bonds is 18. The zero-order valence-electron chi connectivity index (χ0n) is 32.7. The van der Waals surface area contributed by atoms with Crippen molar-refractivity contribution in [3.05, 3.63) is 60.9 Å². The molecule has 5 rings (SSSR count). The first-order chi connectivity index (χ1) is 25.9. The van der Waals surface area contributed by atoms with Gasteiger partial charge in [0.1, 0.15) is 24.3 Å². The van der Waals surface area contributed by atoms with Crippen LogP contribution in [0.3, 0.4) is 0 Å². The Morgan fingerprint density at radius 3 is 1.75 bits per heavy atom. The third-order valence-corrected chi connectivity index (χ3v) is 8.14. The molecule has 3 heterocycles. The summed E-state index contributed by atoms with van der Waals surface area (Å²) in [4.78, 5) is 19.6. The second-order valence-corrected chi connectivity index (χ2v) is 11.6. The van der Waals surface area contributed by atoms with E-state index in [9.17, 15) is 0 Å². The lowest BCUT2D eigenvalue weighted by Crippen LogP contribution is -2.31. The number of benzene rings is 2. The van der Waals surface area contributed by atoms with Gasteiger partial charge >= 0.3 is 0 Å². The fourth-order valence-electron chi connectivity index (χ4n) is 5.27. The molecular weight excluding hydrogens is 676 g/mol. The van der Waals surface area contributed by atoms with Crippen molar-refractivity contribution in [2.75, 3.05) is 103 Å². The van der Waals surface area contributed by atoms with Crippen molar-refractivity contribution in [2.24, 2.45) is 5.92 Å². The molecule has 1 fully saturated rings. The molecule has 2 atom stereocenters. The van der Waals surface area contributed by atoms with Gasteiger partial charge in [-0.05, 0) is 63.0 Å². The quantitative estimate of drug-likeness (QED) is 0.0821. The van der Waals surface area contributed by atoms with Crippen molar-refractivity contribution < 1.29 is 23.7 Å². The van der Waals surface area contributed by atoms with E-state index in [2.05, 4.69) is 58.3 Å². The zero-order chi connectivity index (χ0) is 38.4. The maximum Gasteiger partial charge on any atom is 0.229 e. The highest BCUT2D eigenvalue weighted by Gasteiger charge is 2.22. The lowest BCUT2D eigenvalue weighted by molar-refractivity contribution is 0.0585. The highest BCUT2D eigenvalue weighted by molar-refractivity contribution is 5.61. The molecule has 2 aromatic heterocycles. The van der Waals surface area contributed by atoms with E-state index in [0.717, 1.165) is 54.1 Å². The Labute approximate surface area is 314 Å². The number of aromatic nitrogens is 4. The molecule has 0 aliphatic carbocycles. The summed E-state index contributed by atoms with van der Waals surface area (Å²) in [6, 6.07) is 14.9. The van der Waals surface area contributed by atoms with Gasteiger partial charge in [0.25, 0.3) is 0 Å². The second kappa shape index (κ2) is 23.4. The van der Waals surface area contributed by atoms with Crippen LogP contribution in [0.4, 0.5) is 34.9 Å². The van der Waals surface area contributed by atoms with Crippen molar-refractivity contribution in [2.45, 2.75) is 33.3 Å². The number of nitrogens with zero attached hydrogens (tertiary/aromatic N) is 5. The Kier molecular flexibility index (Phi) is 18.7. The average Bonchev–Trinajstić information content (AvgIpc) is 3.68. The number of likely N-dealkylation sites (N-methyl/N-ethyl adjacent to an activating group) is 1. The van der Waals surface area contributed by atoms with Gasteiger partial charge in [0.2, 0.25) is 11.9 Å². The van der Waals surface area contributed by atoms with Crippen molar-refractivity contribution >= 4 is 34.9 Å². The van der Waals surface area contributed by atoms with Gasteiger partial charge in [-0.1, -0.05) is 20.8 Å². The van der Waals surface area contributed by atoms with Gasteiger partial charge in [0, 0.05) is 76.1 Å². The minimum absolute atomic E-state index is 0.0537. The van der Waals surface area contributed by atoms with Gasteiger partial charge in [-0.3, -0.25) is 0 Å². The standard InChI is InChI=1S/C19H27N5O2.C17H25N5O3.C2H6/c1-4-24-10-8-14(12-24)13-26-17-11-15(5-6-16(17)25-3)22-19-21-9-7-18(20-2)23-19;1-18-10-13(23-3)11-25-15-9-12(5-6-14(15)24-4)21-17-20-8-7-16(19-2)22-17;1-2/h5-7,9,11,14H,4,8,10,12-13H2,1-3H3,(H2,20,21,22,23);5-9,13,18H,10-11H2,1-4H3,(H2,19,20,21,22);1-2H3/t14-;13-;/m10./s1. The minimum Gasteiger partial charge on any atom is -0.493 e. The topological polar surface area (TPSA) is 161 Å². The van der Waals surface area contributed by atoms with E-state index in [1.165, 1.54) is 6.42 Å². The first-order valence-corrected chi connectivity index (χ1v) is 18.0. The highest BCUT2D eigenvalue weighted by atomic mass is 16.5. The molecule has 15 nitrogen and oxygen atoms in total. The molecule has 290 valence electrons. The molecule has 0 radical (unpaired) electrons. The third-order valence-electron chi connectivity index (χ3n) is 8.14. The van der Waals surface area contributed by atoms with Crippen LogP contribution in [0.1, 0.15) is 27.2 Å². The van der Waals surface area contributed by atoms with E-state index >= 15 is 0 Å². The first kappa shape index (κ1) is 42.3. The van der Waals surface area contributed by atoms with E-state index in [4.69, 9.17) is 23.7 Å². The van der Waals surface area contributed by atoms with Crippen molar-refractivity contribution in [1.29, 1.82) is 0 Å². The van der Waals surface area contributed by atoms with Gasteiger partial charge < -0.3 is 55.2 Å². The van der Waals surface area contributed by atoms with Crippen LogP contribution in [0.15, 0.2) is 60.9 Å². The van der Waals surface area contributed by atoms with Gasteiger partial charge in [-0.25, -0.2) is 9.97 Å². The summed E-state index contributed by atoms with van der Waals surface area (Å²) in [6.07, 6.45) is 4.52. The molecule has 0 unspecified atom stereocenters. The van der Waals surface area contributed by atoms with Gasteiger partial charge in [-0.2, -0.15) is 9.97 Å². The van der Waals surface area contributed by atoms with Gasteiger partial charge in [0.05, 0.1) is 20.8 Å². The van der Waals surface area contributed by atoms with Crippen LogP contribution < -0.4 is 45.5 Å². The molecule has 4 aromatic rings. The molecule has 0 saturated carbocycles. The van der Waals surface area contributed by atoms with Gasteiger partial charge in [0.15, 0.2) is 23.0 Å². The Balaban J connectivity index is 0.000000273. The summed E-state index contributed by atoms with van der Waals surface area (Å²) in [7, 11) is 10.4. The zero-order valence-corrected chi connectivity index (χ0v) is 32.7. The van der Waals surface area contributed by atoms with Crippen LogP contribution in [0.5, 0.6) is 23.0 Å². The number of nitrogens with one attached hydrogen (secondary N) is 5. The van der Waals surface area contributed by atoms with Crippen LogP contribution in [0.2, 0.25) is 0 Å². The molecule has 1 aliphatic heterocycles. The molecule has 53 heavy (non-hydrogen) atoms. The van der Waals surface area contributed by atoms with Crippen molar-refractivity contribution in [3.8, 4) is 23.0 Å². The Bertz CT molecular complexity index is 1630.